The zero-order chi connectivity index (χ0) is 16.5. The molecule has 0 atom stereocenters. The molecule has 4 rings (SSSR count). The molecule has 0 aromatic heterocycles. The number of halogens is 3. The van der Waals surface area contributed by atoms with E-state index in [9.17, 15) is 0 Å². The van der Waals surface area contributed by atoms with Crippen LogP contribution in [-0.2, 0) is 7.80 Å². The highest BCUT2D eigenvalue weighted by atomic mass is 127. The maximum Gasteiger partial charge on any atom is 0.122 e. The number of hydrogen-bond donors (Lipinski definition) is 0. The van der Waals surface area contributed by atoms with E-state index in [0.29, 0.717) is 28.7 Å². The molecule has 0 unspecified atom stereocenters. The predicted octanol–water partition coefficient (Wildman–Crippen LogP) is 6.44. The van der Waals surface area contributed by atoms with Crippen molar-refractivity contribution >= 4 is 47.9 Å². The van der Waals surface area contributed by atoms with Crippen LogP contribution in [0.3, 0.4) is 0 Å². The highest BCUT2D eigenvalue weighted by Crippen LogP contribution is 2.46. The molecule has 0 radical (unpaired) electrons. The van der Waals surface area contributed by atoms with Crippen LogP contribution in [0, 0.1) is 5.92 Å². The number of allylic oxidation sites excluding steroid dienone is 1. The first-order valence-electron chi connectivity index (χ1n) is 8.72. The zero-order valence-electron chi connectivity index (χ0n) is 13.5. The average molecular weight is 479 g/mol. The summed E-state index contributed by atoms with van der Waals surface area (Å²) >= 11 is 12.4. The number of benzene rings is 1. The number of ether oxygens (including phenoxy) is 1. The summed E-state index contributed by atoms with van der Waals surface area (Å²) < 4.78 is 13.7. The number of hydrogen-bond acceptors (Lipinski definition) is 2. The lowest BCUT2D eigenvalue weighted by molar-refractivity contribution is 0.0437. The maximum absolute atomic E-state index is 6.46. The van der Waals surface area contributed by atoms with Crippen molar-refractivity contribution in [3.05, 3.63) is 45.1 Å². The fraction of sp³-hybridized carbons (Fsp3) is 0.526. The van der Waals surface area contributed by atoms with E-state index in [1.165, 1.54) is 59.8 Å². The molecule has 2 aliphatic carbocycles. The Kier molecular flexibility index (Phi) is 5.52. The first-order chi connectivity index (χ1) is 11.7. The topological polar surface area (TPSA) is 18.5 Å². The van der Waals surface area contributed by atoms with Gasteiger partial charge in [0.15, 0.2) is 0 Å². The Morgan fingerprint density at radius 2 is 1.75 bits per heavy atom. The third-order valence-electron chi connectivity index (χ3n) is 4.91. The van der Waals surface area contributed by atoms with Gasteiger partial charge in [0.25, 0.3) is 0 Å². The Bertz CT molecular complexity index is 668. The van der Waals surface area contributed by atoms with Gasteiger partial charge in [-0.15, -0.1) is 0 Å². The SMILES string of the molecule is Clc1cccc(Cl)c1C1=IOC(C2CC2)=C1COC1CCCCC1. The molecule has 24 heavy (non-hydrogen) atoms. The van der Waals surface area contributed by atoms with Crippen LogP contribution in [0.2, 0.25) is 10.0 Å². The Labute approximate surface area is 163 Å². The molecular formula is C19H21Cl2IO2. The van der Waals surface area contributed by atoms with Gasteiger partial charge in [-0.25, -0.2) is 0 Å². The largest absolute Gasteiger partial charge is 0.439 e. The zero-order valence-corrected chi connectivity index (χ0v) is 17.2. The van der Waals surface area contributed by atoms with Gasteiger partial charge in [-0.1, -0.05) is 48.5 Å². The van der Waals surface area contributed by atoms with Gasteiger partial charge >= 0.3 is 0 Å². The second kappa shape index (κ2) is 7.65. The van der Waals surface area contributed by atoms with Gasteiger partial charge in [0.05, 0.1) is 26.3 Å². The molecule has 1 heterocycles. The normalized spacial score (nSPS) is 22.2. The summed E-state index contributed by atoms with van der Waals surface area (Å²) in [5, 5.41) is 1.43. The van der Waals surface area contributed by atoms with E-state index in [1.54, 1.807) is 0 Å². The molecule has 0 amide bonds. The lowest BCUT2D eigenvalue weighted by Gasteiger charge is -2.23. The summed E-state index contributed by atoms with van der Waals surface area (Å²) in [6, 6.07) is 5.72. The van der Waals surface area contributed by atoms with Gasteiger partial charge in [0, 0.05) is 17.1 Å². The van der Waals surface area contributed by atoms with Gasteiger partial charge in [0.1, 0.15) is 26.9 Å². The van der Waals surface area contributed by atoms with Crippen LogP contribution >= 0.6 is 44.3 Å². The second-order valence-corrected chi connectivity index (χ2v) is 9.53. The summed E-state index contributed by atoms with van der Waals surface area (Å²) in [7, 11) is 0. The van der Waals surface area contributed by atoms with E-state index in [-0.39, 0.29) is 0 Å². The molecule has 2 fully saturated rings. The number of rotatable bonds is 5. The molecule has 2 saturated carbocycles. The van der Waals surface area contributed by atoms with Crippen LogP contribution in [0.25, 0.3) is 0 Å². The Balaban J connectivity index is 1.59. The van der Waals surface area contributed by atoms with E-state index in [1.807, 2.05) is 18.2 Å². The molecule has 0 bridgehead atoms. The van der Waals surface area contributed by atoms with Crippen molar-refractivity contribution < 1.29 is 7.80 Å². The molecule has 1 aliphatic heterocycles. The molecule has 5 heteroatoms. The van der Waals surface area contributed by atoms with E-state index in [0.717, 1.165) is 5.56 Å². The summed E-state index contributed by atoms with van der Waals surface area (Å²) in [5.74, 6) is 1.76. The molecule has 0 spiro atoms. The molecule has 130 valence electrons. The van der Waals surface area contributed by atoms with Gasteiger partial charge in [0.2, 0.25) is 0 Å². The first-order valence-corrected chi connectivity index (χ1v) is 11.4. The summed E-state index contributed by atoms with van der Waals surface area (Å²) in [6.07, 6.45) is 9.15. The Morgan fingerprint density at radius 1 is 1.04 bits per heavy atom. The third-order valence-corrected chi connectivity index (χ3v) is 7.86. The van der Waals surface area contributed by atoms with Crippen molar-refractivity contribution in [2.24, 2.45) is 5.92 Å². The quantitative estimate of drug-likeness (QED) is 0.453. The van der Waals surface area contributed by atoms with Gasteiger partial charge in [-0.05, 0) is 37.8 Å². The average Bonchev–Trinajstić information content (AvgIpc) is 3.35. The monoisotopic (exact) mass is 478 g/mol. The van der Waals surface area contributed by atoms with Crippen LogP contribution in [0.15, 0.2) is 29.5 Å². The van der Waals surface area contributed by atoms with Gasteiger partial charge in [-0.2, -0.15) is 0 Å². The van der Waals surface area contributed by atoms with Crippen molar-refractivity contribution in [2.45, 2.75) is 51.0 Å². The van der Waals surface area contributed by atoms with E-state index < -0.39 is 21.1 Å². The molecule has 0 N–H and O–H groups in total. The van der Waals surface area contributed by atoms with Crippen LogP contribution in [-0.4, -0.2) is 16.2 Å². The van der Waals surface area contributed by atoms with Crippen LogP contribution in [0.4, 0.5) is 0 Å². The maximum atomic E-state index is 6.46. The molecule has 2 nitrogen and oxygen atoms in total. The lowest BCUT2D eigenvalue weighted by Crippen LogP contribution is -2.20. The van der Waals surface area contributed by atoms with Crippen molar-refractivity contribution in [3.8, 4) is 0 Å². The van der Waals surface area contributed by atoms with E-state index in [2.05, 4.69) is 0 Å². The first kappa shape index (κ1) is 17.3. The van der Waals surface area contributed by atoms with E-state index >= 15 is 0 Å². The summed E-state index contributed by atoms with van der Waals surface area (Å²) in [6.45, 7) is 0.646. The Morgan fingerprint density at radius 3 is 2.42 bits per heavy atom. The highest BCUT2D eigenvalue weighted by molar-refractivity contribution is 14.2. The van der Waals surface area contributed by atoms with Crippen molar-refractivity contribution in [1.29, 1.82) is 0 Å². The fourth-order valence-corrected chi connectivity index (χ4v) is 6.88. The molecule has 3 aliphatic rings. The predicted molar refractivity (Wildman–Crippen MR) is 108 cm³/mol. The third kappa shape index (κ3) is 3.69. The van der Waals surface area contributed by atoms with Crippen molar-refractivity contribution in [3.63, 3.8) is 0 Å². The molecular weight excluding hydrogens is 458 g/mol. The fourth-order valence-electron chi connectivity index (χ4n) is 3.40. The van der Waals surface area contributed by atoms with Gasteiger partial charge < -0.3 is 7.80 Å². The van der Waals surface area contributed by atoms with Crippen molar-refractivity contribution in [2.75, 3.05) is 6.61 Å². The summed E-state index contributed by atoms with van der Waals surface area (Å²) in [5.41, 5.74) is 2.21. The summed E-state index contributed by atoms with van der Waals surface area (Å²) in [4.78, 5) is 0. The van der Waals surface area contributed by atoms with E-state index in [4.69, 9.17) is 31.0 Å². The lowest BCUT2D eigenvalue weighted by atomic mass is 9.97. The minimum Gasteiger partial charge on any atom is -0.439 e. The molecule has 1 aromatic rings. The smallest absolute Gasteiger partial charge is 0.122 e. The molecule has 0 saturated heterocycles. The van der Waals surface area contributed by atoms with Crippen LogP contribution in [0.1, 0.15) is 50.5 Å². The minimum absolute atomic E-state index is 0.397. The standard InChI is InChI=1S/C19H21Cl2IO2/c20-15-7-4-8-16(21)17(15)18-14(19(24-22-18)12-9-10-12)11-23-13-5-2-1-3-6-13/h4,7-8,12-13H,1-3,5-6,9-11H2. The second-order valence-electron chi connectivity index (χ2n) is 6.75. The minimum atomic E-state index is -0.547. The molecule has 1 aromatic carbocycles. The van der Waals surface area contributed by atoms with Crippen LogP contribution < -0.4 is 0 Å². The Hall–Kier alpha value is -0.100. The van der Waals surface area contributed by atoms with Crippen LogP contribution in [0.5, 0.6) is 0 Å². The highest BCUT2D eigenvalue weighted by Gasteiger charge is 2.36. The van der Waals surface area contributed by atoms with Gasteiger partial charge in [-0.3, -0.25) is 0 Å². The van der Waals surface area contributed by atoms with Crippen molar-refractivity contribution in [1.82, 2.24) is 0 Å².